The number of carbonyl (C=O) groups excluding carboxylic acids is 2. The van der Waals surface area contributed by atoms with Gasteiger partial charge in [0.2, 0.25) is 5.91 Å². The highest BCUT2D eigenvalue weighted by atomic mass is 79.9. The molecule has 6 nitrogen and oxygen atoms in total. The summed E-state index contributed by atoms with van der Waals surface area (Å²) in [6, 6.07) is 1.77. The van der Waals surface area contributed by atoms with E-state index in [4.69, 9.17) is 4.74 Å². The molecule has 10 heteroatoms. The molecule has 138 valence electrons. The number of anilines is 1. The van der Waals surface area contributed by atoms with E-state index in [2.05, 4.69) is 26.6 Å². The summed E-state index contributed by atoms with van der Waals surface area (Å²) in [7, 11) is 0. The summed E-state index contributed by atoms with van der Waals surface area (Å²) < 4.78 is 43.6. The van der Waals surface area contributed by atoms with E-state index in [-0.39, 0.29) is 16.1 Å². The number of rotatable bonds is 3. The van der Waals surface area contributed by atoms with Gasteiger partial charge >= 0.3 is 12.2 Å². The van der Waals surface area contributed by atoms with Crippen LogP contribution < -0.4 is 10.6 Å². The molecule has 0 aromatic heterocycles. The lowest BCUT2D eigenvalue weighted by atomic mass is 10.2. The predicted octanol–water partition coefficient (Wildman–Crippen LogP) is 2.84. The van der Waals surface area contributed by atoms with Gasteiger partial charge in [-0.2, -0.15) is 13.2 Å². The maximum absolute atomic E-state index is 12.9. The highest BCUT2D eigenvalue weighted by Crippen LogP contribution is 2.36. The molecular weight excluding hydrogens is 407 g/mol. The Morgan fingerprint density at radius 1 is 1.28 bits per heavy atom. The quantitative estimate of drug-likeness (QED) is 0.784. The molecule has 0 radical (unpaired) electrons. The van der Waals surface area contributed by atoms with Crippen LogP contribution in [0.4, 0.5) is 23.7 Å². The standard InChI is InChI=1S/C15H17BrF3N3O3/c1-9(13(23)22-4-6-25-7-5-22)20-14(24)21-10-2-3-12(16)11(8-10)15(17,18)19/h2-3,8-9H,4-7H2,1H3,(H2,20,21,24)/t9-/m1/s1. The van der Waals surface area contributed by atoms with E-state index in [0.717, 1.165) is 6.07 Å². The highest BCUT2D eigenvalue weighted by Gasteiger charge is 2.33. The minimum Gasteiger partial charge on any atom is -0.378 e. The minimum atomic E-state index is -4.55. The smallest absolute Gasteiger partial charge is 0.378 e. The summed E-state index contributed by atoms with van der Waals surface area (Å²) in [5, 5.41) is 4.73. The molecule has 0 unspecified atom stereocenters. The summed E-state index contributed by atoms with van der Waals surface area (Å²) in [6.07, 6.45) is -4.55. The van der Waals surface area contributed by atoms with Crippen molar-refractivity contribution in [2.45, 2.75) is 19.1 Å². The number of ether oxygens (including phenoxy) is 1. The van der Waals surface area contributed by atoms with Crippen LogP contribution in [0.3, 0.4) is 0 Å². The van der Waals surface area contributed by atoms with Crippen LogP contribution in [0.1, 0.15) is 12.5 Å². The van der Waals surface area contributed by atoms with Gasteiger partial charge in [-0.05, 0) is 25.1 Å². The monoisotopic (exact) mass is 423 g/mol. The Kier molecular flexibility index (Phi) is 6.28. The molecule has 1 aromatic carbocycles. The first-order valence-electron chi connectivity index (χ1n) is 7.49. The van der Waals surface area contributed by atoms with Gasteiger partial charge in [0.05, 0.1) is 18.8 Å². The van der Waals surface area contributed by atoms with Crippen molar-refractivity contribution in [3.05, 3.63) is 28.2 Å². The molecule has 0 bridgehead atoms. The van der Waals surface area contributed by atoms with Gasteiger partial charge in [0.15, 0.2) is 0 Å². The zero-order valence-corrected chi connectivity index (χ0v) is 14.9. The van der Waals surface area contributed by atoms with Crippen molar-refractivity contribution in [2.75, 3.05) is 31.6 Å². The molecule has 1 aromatic rings. The summed E-state index contributed by atoms with van der Waals surface area (Å²) >= 11 is 2.83. The van der Waals surface area contributed by atoms with Gasteiger partial charge in [0, 0.05) is 23.2 Å². The second-order valence-corrected chi connectivity index (χ2v) is 6.30. The van der Waals surface area contributed by atoms with E-state index >= 15 is 0 Å². The van der Waals surface area contributed by atoms with Gasteiger partial charge in [-0.1, -0.05) is 15.9 Å². The first kappa shape index (κ1) is 19.5. The Bertz CT molecular complexity index is 649. The molecule has 1 saturated heterocycles. The van der Waals surface area contributed by atoms with Gasteiger partial charge in [0.25, 0.3) is 0 Å². The predicted molar refractivity (Wildman–Crippen MR) is 88.2 cm³/mol. The van der Waals surface area contributed by atoms with Crippen LogP contribution in [-0.4, -0.2) is 49.2 Å². The van der Waals surface area contributed by atoms with Crippen LogP contribution in [0.25, 0.3) is 0 Å². The van der Waals surface area contributed by atoms with E-state index in [1.165, 1.54) is 19.1 Å². The molecule has 0 aliphatic carbocycles. The van der Waals surface area contributed by atoms with Crippen molar-refractivity contribution in [2.24, 2.45) is 0 Å². The first-order chi connectivity index (χ1) is 11.7. The van der Waals surface area contributed by atoms with Crippen LogP contribution in [-0.2, 0) is 15.7 Å². The molecule has 1 aliphatic heterocycles. The van der Waals surface area contributed by atoms with E-state index < -0.39 is 23.8 Å². The van der Waals surface area contributed by atoms with Crippen molar-refractivity contribution >= 4 is 33.6 Å². The number of hydrogen-bond acceptors (Lipinski definition) is 3. The molecule has 0 saturated carbocycles. The topological polar surface area (TPSA) is 70.7 Å². The normalized spacial score (nSPS) is 16.3. The number of benzene rings is 1. The van der Waals surface area contributed by atoms with Gasteiger partial charge in [-0.15, -0.1) is 0 Å². The van der Waals surface area contributed by atoms with Gasteiger partial charge < -0.3 is 20.3 Å². The average molecular weight is 424 g/mol. The molecule has 0 spiro atoms. The number of nitrogens with zero attached hydrogens (tertiary/aromatic N) is 1. The molecule has 2 rings (SSSR count). The van der Waals surface area contributed by atoms with Gasteiger partial charge in [-0.3, -0.25) is 4.79 Å². The van der Waals surface area contributed by atoms with Gasteiger partial charge in [-0.25, -0.2) is 4.79 Å². The van der Waals surface area contributed by atoms with Crippen molar-refractivity contribution in [1.82, 2.24) is 10.2 Å². The van der Waals surface area contributed by atoms with Crippen LogP contribution >= 0.6 is 15.9 Å². The summed E-state index contributed by atoms with van der Waals surface area (Å²) in [6.45, 7) is 3.26. The number of hydrogen-bond donors (Lipinski definition) is 2. The second-order valence-electron chi connectivity index (χ2n) is 5.45. The Morgan fingerprint density at radius 2 is 1.92 bits per heavy atom. The molecule has 25 heavy (non-hydrogen) atoms. The average Bonchev–Trinajstić information content (AvgIpc) is 2.55. The van der Waals surface area contributed by atoms with Crippen LogP contribution in [0.15, 0.2) is 22.7 Å². The lowest BCUT2D eigenvalue weighted by Crippen LogP contribution is -2.51. The Labute approximate surface area is 150 Å². The fraction of sp³-hybridized carbons (Fsp3) is 0.467. The fourth-order valence-electron chi connectivity index (χ4n) is 2.30. The Morgan fingerprint density at radius 3 is 2.52 bits per heavy atom. The third-order valence-electron chi connectivity index (χ3n) is 3.57. The number of nitrogens with one attached hydrogen (secondary N) is 2. The first-order valence-corrected chi connectivity index (χ1v) is 8.28. The zero-order chi connectivity index (χ0) is 18.6. The molecule has 1 aliphatic rings. The van der Waals surface area contributed by atoms with Crippen LogP contribution in [0.2, 0.25) is 0 Å². The van der Waals surface area contributed by atoms with Gasteiger partial charge in [0.1, 0.15) is 6.04 Å². The van der Waals surface area contributed by atoms with Crippen molar-refractivity contribution in [1.29, 1.82) is 0 Å². The van der Waals surface area contributed by atoms with E-state index in [0.29, 0.717) is 26.3 Å². The van der Waals surface area contributed by atoms with E-state index in [1.807, 2.05) is 0 Å². The number of amides is 3. The van der Waals surface area contributed by atoms with Crippen molar-refractivity contribution in [3.63, 3.8) is 0 Å². The summed E-state index contributed by atoms with van der Waals surface area (Å²) in [5.74, 6) is -0.273. The van der Waals surface area contributed by atoms with E-state index in [9.17, 15) is 22.8 Å². The summed E-state index contributed by atoms with van der Waals surface area (Å²) in [4.78, 5) is 25.7. The molecular formula is C15H17BrF3N3O3. The van der Waals surface area contributed by atoms with Crippen LogP contribution in [0, 0.1) is 0 Å². The third kappa shape index (κ3) is 5.33. The number of urea groups is 1. The molecule has 2 N–H and O–H groups in total. The van der Waals surface area contributed by atoms with Crippen LogP contribution in [0.5, 0.6) is 0 Å². The number of carbonyl (C=O) groups is 2. The Balaban J connectivity index is 1.96. The number of halogens is 4. The largest absolute Gasteiger partial charge is 0.417 e. The van der Waals surface area contributed by atoms with Crippen molar-refractivity contribution < 1.29 is 27.5 Å². The second kappa shape index (κ2) is 8.05. The lowest BCUT2D eigenvalue weighted by molar-refractivity contribution is -0.138. The SMILES string of the molecule is C[C@@H](NC(=O)Nc1ccc(Br)c(C(F)(F)F)c1)C(=O)N1CCOCC1. The third-order valence-corrected chi connectivity index (χ3v) is 4.26. The summed E-state index contributed by atoms with van der Waals surface area (Å²) in [5.41, 5.74) is -0.929. The number of alkyl halides is 3. The minimum absolute atomic E-state index is 0.0287. The maximum atomic E-state index is 12.9. The zero-order valence-electron chi connectivity index (χ0n) is 13.3. The molecule has 3 amide bonds. The van der Waals surface area contributed by atoms with Crippen molar-refractivity contribution in [3.8, 4) is 0 Å². The molecule has 1 atom stereocenters. The highest BCUT2D eigenvalue weighted by molar-refractivity contribution is 9.10. The number of morpholine rings is 1. The lowest BCUT2D eigenvalue weighted by Gasteiger charge is -2.29. The van der Waals surface area contributed by atoms with E-state index in [1.54, 1.807) is 4.90 Å². The Hall–Kier alpha value is -1.81. The fourth-order valence-corrected chi connectivity index (χ4v) is 2.77. The maximum Gasteiger partial charge on any atom is 0.417 e. The molecule has 1 heterocycles. The molecule has 1 fully saturated rings.